The van der Waals surface area contributed by atoms with Gasteiger partial charge in [0.15, 0.2) is 11.6 Å². The maximum atomic E-state index is 12.6. The molecule has 2 aromatic heterocycles. The molecular weight excluding hydrogens is 318 g/mol. The zero-order chi connectivity index (χ0) is 17.1. The Morgan fingerprint density at radius 1 is 0.960 bits per heavy atom. The minimum Gasteiger partial charge on any atom is -0.352 e. The van der Waals surface area contributed by atoms with E-state index in [-0.39, 0.29) is 5.92 Å². The van der Waals surface area contributed by atoms with Gasteiger partial charge in [-0.15, -0.1) is 10.2 Å². The molecule has 0 spiro atoms. The molecule has 2 aliphatic rings. The number of aromatic nitrogens is 5. The number of amides is 1. The molecule has 1 saturated carbocycles. The van der Waals surface area contributed by atoms with Crippen LogP contribution in [0.4, 0.5) is 5.82 Å². The van der Waals surface area contributed by atoms with E-state index in [2.05, 4.69) is 25.2 Å². The fraction of sp³-hybridized carbons (Fsp3) is 0.588. The van der Waals surface area contributed by atoms with Crippen molar-refractivity contribution in [3.05, 3.63) is 24.8 Å². The summed E-state index contributed by atoms with van der Waals surface area (Å²) in [7, 11) is 0. The van der Waals surface area contributed by atoms with E-state index >= 15 is 0 Å². The molecule has 0 radical (unpaired) electrons. The highest BCUT2D eigenvalue weighted by Crippen LogP contribution is 2.26. The largest absolute Gasteiger partial charge is 0.352 e. The minimum atomic E-state index is 0.252. The maximum Gasteiger partial charge on any atom is 0.225 e. The summed E-state index contributed by atoms with van der Waals surface area (Å²) in [6.07, 6.45) is 8.87. The fourth-order valence-electron chi connectivity index (χ4n) is 3.70. The summed E-state index contributed by atoms with van der Waals surface area (Å²) >= 11 is 0. The average molecular weight is 341 g/mol. The molecule has 8 nitrogen and oxygen atoms in total. The molecule has 1 aliphatic heterocycles. The van der Waals surface area contributed by atoms with Crippen LogP contribution in [0.2, 0.25) is 0 Å². The number of hydrogen-bond donors (Lipinski definition) is 0. The molecular formula is C17H23N7O. The smallest absolute Gasteiger partial charge is 0.225 e. The van der Waals surface area contributed by atoms with Crippen LogP contribution in [0.5, 0.6) is 0 Å². The molecule has 1 aliphatic carbocycles. The van der Waals surface area contributed by atoms with Crippen molar-refractivity contribution in [2.75, 3.05) is 31.1 Å². The van der Waals surface area contributed by atoms with E-state index in [4.69, 9.17) is 0 Å². The molecule has 0 bridgehead atoms. The SMILES string of the molecule is O=C(C1CCCCC1)N1CCN(c2ccc(-n3cncn3)nn2)CC1. The van der Waals surface area contributed by atoms with Crippen LogP contribution in [0.3, 0.4) is 0 Å². The van der Waals surface area contributed by atoms with Crippen molar-refractivity contribution < 1.29 is 4.79 Å². The standard InChI is InChI=1S/C17H23N7O/c25-17(14-4-2-1-3-5-14)23-10-8-22(9-11-23)15-6-7-16(21-20-15)24-13-18-12-19-24/h6-7,12-14H,1-5,8-11H2. The van der Waals surface area contributed by atoms with Gasteiger partial charge < -0.3 is 9.80 Å². The Kier molecular flexibility index (Phi) is 4.58. The molecule has 4 rings (SSSR count). The molecule has 2 fully saturated rings. The molecule has 1 saturated heterocycles. The maximum absolute atomic E-state index is 12.6. The van der Waals surface area contributed by atoms with Crippen molar-refractivity contribution in [3.8, 4) is 5.82 Å². The highest BCUT2D eigenvalue weighted by atomic mass is 16.2. The van der Waals surface area contributed by atoms with Crippen molar-refractivity contribution in [2.24, 2.45) is 5.92 Å². The Morgan fingerprint density at radius 3 is 2.32 bits per heavy atom. The fourth-order valence-corrected chi connectivity index (χ4v) is 3.70. The number of carbonyl (C=O) groups is 1. The van der Waals surface area contributed by atoms with Crippen LogP contribution in [0.25, 0.3) is 5.82 Å². The lowest BCUT2D eigenvalue weighted by Crippen LogP contribution is -2.50. The molecule has 132 valence electrons. The van der Waals surface area contributed by atoms with Crippen LogP contribution in [-0.4, -0.2) is 61.9 Å². The van der Waals surface area contributed by atoms with E-state index in [9.17, 15) is 4.79 Å². The third kappa shape index (κ3) is 3.47. The van der Waals surface area contributed by atoms with Gasteiger partial charge in [-0.05, 0) is 25.0 Å². The molecule has 2 aromatic rings. The highest BCUT2D eigenvalue weighted by molar-refractivity contribution is 5.79. The van der Waals surface area contributed by atoms with Gasteiger partial charge in [-0.2, -0.15) is 5.10 Å². The number of nitrogens with zero attached hydrogens (tertiary/aromatic N) is 7. The monoisotopic (exact) mass is 341 g/mol. The topological polar surface area (TPSA) is 80.0 Å². The third-order valence-electron chi connectivity index (χ3n) is 5.16. The van der Waals surface area contributed by atoms with E-state index in [0.717, 1.165) is 44.8 Å². The Hall–Kier alpha value is -2.51. The number of anilines is 1. The lowest BCUT2D eigenvalue weighted by Gasteiger charge is -2.37. The zero-order valence-corrected chi connectivity index (χ0v) is 14.3. The number of rotatable bonds is 3. The second kappa shape index (κ2) is 7.16. The van der Waals surface area contributed by atoms with Gasteiger partial charge in [0.2, 0.25) is 5.91 Å². The van der Waals surface area contributed by atoms with Crippen molar-refractivity contribution >= 4 is 11.7 Å². The molecule has 0 atom stereocenters. The molecule has 3 heterocycles. The molecule has 1 amide bonds. The summed E-state index contributed by atoms with van der Waals surface area (Å²) in [6, 6.07) is 3.83. The first-order valence-corrected chi connectivity index (χ1v) is 9.04. The molecule has 0 unspecified atom stereocenters. The predicted molar refractivity (Wildman–Crippen MR) is 92.3 cm³/mol. The van der Waals surface area contributed by atoms with E-state index in [1.54, 1.807) is 11.0 Å². The van der Waals surface area contributed by atoms with E-state index in [0.29, 0.717) is 11.7 Å². The summed E-state index contributed by atoms with van der Waals surface area (Å²) in [5, 5.41) is 12.6. The molecule has 25 heavy (non-hydrogen) atoms. The van der Waals surface area contributed by atoms with Gasteiger partial charge >= 0.3 is 0 Å². The Balaban J connectivity index is 1.34. The molecule has 0 aromatic carbocycles. The van der Waals surface area contributed by atoms with Gasteiger partial charge in [-0.1, -0.05) is 19.3 Å². The van der Waals surface area contributed by atoms with Crippen molar-refractivity contribution in [3.63, 3.8) is 0 Å². The minimum absolute atomic E-state index is 0.252. The average Bonchev–Trinajstić information content (AvgIpc) is 3.23. The van der Waals surface area contributed by atoms with Crippen LogP contribution in [-0.2, 0) is 4.79 Å². The van der Waals surface area contributed by atoms with E-state index in [1.807, 2.05) is 17.0 Å². The third-order valence-corrected chi connectivity index (χ3v) is 5.16. The van der Waals surface area contributed by atoms with Gasteiger partial charge in [-0.3, -0.25) is 4.79 Å². The normalized spacial score (nSPS) is 19.2. The number of piperazine rings is 1. The van der Waals surface area contributed by atoms with Crippen LogP contribution >= 0.6 is 0 Å². The van der Waals surface area contributed by atoms with Gasteiger partial charge in [-0.25, -0.2) is 9.67 Å². The quantitative estimate of drug-likeness (QED) is 0.837. The summed E-state index contributed by atoms with van der Waals surface area (Å²) in [6.45, 7) is 3.13. The van der Waals surface area contributed by atoms with E-state index in [1.165, 1.54) is 25.6 Å². The Morgan fingerprint density at radius 2 is 1.68 bits per heavy atom. The summed E-state index contributed by atoms with van der Waals surface area (Å²) in [4.78, 5) is 20.8. The number of carbonyl (C=O) groups excluding carboxylic acids is 1. The summed E-state index contributed by atoms with van der Waals surface area (Å²) < 4.78 is 1.58. The first kappa shape index (κ1) is 16.0. The Labute approximate surface area is 146 Å². The second-order valence-corrected chi connectivity index (χ2v) is 6.74. The van der Waals surface area contributed by atoms with Crippen molar-refractivity contribution in [1.29, 1.82) is 0 Å². The second-order valence-electron chi connectivity index (χ2n) is 6.74. The van der Waals surface area contributed by atoms with E-state index < -0.39 is 0 Å². The van der Waals surface area contributed by atoms with Gasteiger partial charge in [0.25, 0.3) is 0 Å². The number of hydrogen-bond acceptors (Lipinski definition) is 6. The lowest BCUT2D eigenvalue weighted by molar-refractivity contribution is -0.136. The van der Waals surface area contributed by atoms with Crippen molar-refractivity contribution in [1.82, 2.24) is 29.9 Å². The highest BCUT2D eigenvalue weighted by Gasteiger charge is 2.28. The van der Waals surface area contributed by atoms with Crippen LogP contribution in [0, 0.1) is 5.92 Å². The first-order valence-electron chi connectivity index (χ1n) is 9.04. The summed E-state index contributed by atoms with van der Waals surface area (Å²) in [5.41, 5.74) is 0. The lowest BCUT2D eigenvalue weighted by atomic mass is 9.88. The first-order chi connectivity index (χ1) is 12.3. The van der Waals surface area contributed by atoms with Crippen molar-refractivity contribution in [2.45, 2.75) is 32.1 Å². The molecule has 0 N–H and O–H groups in total. The summed E-state index contributed by atoms with van der Waals surface area (Å²) in [5.74, 6) is 2.09. The van der Waals surface area contributed by atoms with Crippen LogP contribution in [0.15, 0.2) is 24.8 Å². The zero-order valence-electron chi connectivity index (χ0n) is 14.3. The van der Waals surface area contributed by atoms with Crippen LogP contribution < -0.4 is 4.90 Å². The van der Waals surface area contributed by atoms with Crippen LogP contribution in [0.1, 0.15) is 32.1 Å². The van der Waals surface area contributed by atoms with Gasteiger partial charge in [0.05, 0.1) is 0 Å². The molecule has 8 heteroatoms. The Bertz CT molecular complexity index is 686. The predicted octanol–water partition coefficient (Wildman–Crippen LogP) is 1.29. The van der Waals surface area contributed by atoms with Gasteiger partial charge in [0, 0.05) is 32.1 Å². The van der Waals surface area contributed by atoms with Gasteiger partial charge in [0.1, 0.15) is 12.7 Å².